The zero-order valence-electron chi connectivity index (χ0n) is 14.8. The topological polar surface area (TPSA) is 45.2 Å². The first kappa shape index (κ1) is 19.4. The molecule has 0 atom stereocenters. The number of pyridine rings is 1. The number of piperidine rings is 1. The molecule has 3 heterocycles. The van der Waals surface area contributed by atoms with E-state index in [-0.39, 0.29) is 11.9 Å². The van der Waals surface area contributed by atoms with Crippen molar-refractivity contribution in [2.45, 2.75) is 32.0 Å². The second-order valence-corrected chi connectivity index (χ2v) is 7.77. The molecule has 1 amide bonds. The molecule has 0 radical (unpaired) electrons. The fourth-order valence-electron chi connectivity index (χ4n) is 2.94. The maximum Gasteiger partial charge on any atom is 0.417 e. The Morgan fingerprint density at radius 1 is 1.26 bits per heavy atom. The molecule has 0 unspecified atom stereocenters. The van der Waals surface area contributed by atoms with Crippen LogP contribution in [0.25, 0.3) is 6.08 Å². The Hall–Kier alpha value is -2.35. The number of anilines is 1. The highest BCUT2D eigenvalue weighted by molar-refractivity contribution is 7.12. The number of nitrogens with one attached hydrogen (secondary N) is 1. The number of rotatable bonds is 4. The van der Waals surface area contributed by atoms with Crippen molar-refractivity contribution in [2.24, 2.45) is 0 Å². The van der Waals surface area contributed by atoms with Crippen LogP contribution in [0.3, 0.4) is 0 Å². The number of thiophene rings is 1. The molecule has 4 nitrogen and oxygen atoms in total. The van der Waals surface area contributed by atoms with Crippen molar-refractivity contribution in [3.05, 3.63) is 51.9 Å². The lowest BCUT2D eigenvalue weighted by Crippen LogP contribution is -2.44. The standard InChI is InChI=1S/C19H20F3N3OS/c1-13-2-4-16(27-13)5-7-18(26)24-15-8-10-25(11-9-15)17-6-3-14(12-23-17)19(20,21)22/h2-7,12,15H,8-11H2,1H3,(H,24,26)/b7-5+. The van der Waals surface area contributed by atoms with E-state index in [4.69, 9.17) is 0 Å². The number of halogens is 3. The SMILES string of the molecule is Cc1ccc(/C=C/C(=O)NC2CCN(c3ccc(C(F)(F)F)cn3)CC2)s1. The molecule has 0 aliphatic carbocycles. The van der Waals surface area contributed by atoms with E-state index in [9.17, 15) is 18.0 Å². The van der Waals surface area contributed by atoms with Gasteiger partial charge in [-0.25, -0.2) is 4.98 Å². The van der Waals surface area contributed by atoms with Crippen molar-refractivity contribution >= 4 is 29.1 Å². The number of aromatic nitrogens is 1. The predicted molar refractivity (Wildman–Crippen MR) is 101 cm³/mol. The van der Waals surface area contributed by atoms with Crippen molar-refractivity contribution in [3.8, 4) is 0 Å². The highest BCUT2D eigenvalue weighted by atomic mass is 32.1. The highest BCUT2D eigenvalue weighted by Gasteiger charge is 2.31. The molecule has 8 heteroatoms. The van der Waals surface area contributed by atoms with E-state index in [1.54, 1.807) is 17.4 Å². The predicted octanol–water partition coefficient (Wildman–Crippen LogP) is 4.27. The fourth-order valence-corrected chi connectivity index (χ4v) is 3.72. The Kier molecular flexibility index (Phi) is 5.84. The summed E-state index contributed by atoms with van der Waals surface area (Å²) in [5.41, 5.74) is -0.749. The van der Waals surface area contributed by atoms with Gasteiger partial charge in [0.25, 0.3) is 0 Å². The summed E-state index contributed by atoms with van der Waals surface area (Å²) in [5.74, 6) is 0.396. The number of alkyl halides is 3. The van der Waals surface area contributed by atoms with Crippen LogP contribution in [0.4, 0.5) is 19.0 Å². The fraction of sp³-hybridized carbons (Fsp3) is 0.368. The number of carbonyl (C=O) groups is 1. The lowest BCUT2D eigenvalue weighted by atomic mass is 10.0. The molecule has 144 valence electrons. The lowest BCUT2D eigenvalue weighted by molar-refractivity contribution is -0.137. The minimum Gasteiger partial charge on any atom is -0.356 e. The Labute approximate surface area is 159 Å². The summed E-state index contributed by atoms with van der Waals surface area (Å²) >= 11 is 1.63. The number of hydrogen-bond acceptors (Lipinski definition) is 4. The van der Waals surface area contributed by atoms with Gasteiger partial charge in [-0.1, -0.05) is 0 Å². The van der Waals surface area contributed by atoms with Crippen LogP contribution in [-0.4, -0.2) is 30.0 Å². The normalized spacial score (nSPS) is 16.1. The smallest absolute Gasteiger partial charge is 0.356 e. The van der Waals surface area contributed by atoms with Crippen LogP contribution in [0.15, 0.2) is 36.5 Å². The van der Waals surface area contributed by atoms with Crippen LogP contribution >= 0.6 is 11.3 Å². The van der Waals surface area contributed by atoms with Crippen molar-refractivity contribution in [1.82, 2.24) is 10.3 Å². The van der Waals surface area contributed by atoms with Gasteiger partial charge in [-0.3, -0.25) is 4.79 Å². The van der Waals surface area contributed by atoms with E-state index < -0.39 is 11.7 Å². The van der Waals surface area contributed by atoms with E-state index >= 15 is 0 Å². The average Bonchev–Trinajstić information content (AvgIpc) is 3.05. The third-order valence-corrected chi connectivity index (χ3v) is 5.37. The van der Waals surface area contributed by atoms with Gasteiger partial charge >= 0.3 is 6.18 Å². The molecular weight excluding hydrogens is 375 g/mol. The van der Waals surface area contributed by atoms with Crippen LogP contribution in [0.2, 0.25) is 0 Å². The Morgan fingerprint density at radius 3 is 2.56 bits per heavy atom. The third kappa shape index (κ3) is 5.32. The van der Waals surface area contributed by atoms with Crippen LogP contribution in [0.1, 0.15) is 28.2 Å². The summed E-state index contributed by atoms with van der Waals surface area (Å²) in [7, 11) is 0. The third-order valence-electron chi connectivity index (χ3n) is 4.40. The average molecular weight is 395 g/mol. The summed E-state index contributed by atoms with van der Waals surface area (Å²) < 4.78 is 37.8. The second kappa shape index (κ2) is 8.12. The van der Waals surface area contributed by atoms with Gasteiger partial charge in [-0.2, -0.15) is 13.2 Å². The van der Waals surface area contributed by atoms with Gasteiger partial charge < -0.3 is 10.2 Å². The van der Waals surface area contributed by atoms with Gasteiger partial charge in [0.05, 0.1) is 5.56 Å². The van der Waals surface area contributed by atoms with E-state index in [1.807, 2.05) is 24.0 Å². The molecule has 0 bridgehead atoms. The van der Waals surface area contributed by atoms with E-state index in [1.165, 1.54) is 17.0 Å². The molecule has 27 heavy (non-hydrogen) atoms. The number of hydrogen-bond donors (Lipinski definition) is 1. The van der Waals surface area contributed by atoms with Gasteiger partial charge in [0, 0.05) is 41.2 Å². The molecule has 0 aromatic carbocycles. The molecule has 0 saturated carbocycles. The van der Waals surface area contributed by atoms with Crippen molar-refractivity contribution in [1.29, 1.82) is 0 Å². The lowest BCUT2D eigenvalue weighted by Gasteiger charge is -2.33. The molecule has 2 aromatic rings. The molecule has 1 aliphatic heterocycles. The zero-order chi connectivity index (χ0) is 19.4. The van der Waals surface area contributed by atoms with Crippen LogP contribution in [0, 0.1) is 6.92 Å². The molecule has 1 saturated heterocycles. The summed E-state index contributed by atoms with van der Waals surface area (Å²) in [4.78, 5) is 20.1. The summed E-state index contributed by atoms with van der Waals surface area (Å²) in [5, 5.41) is 2.98. The number of amides is 1. The molecule has 3 rings (SSSR count). The molecule has 2 aromatic heterocycles. The zero-order valence-corrected chi connectivity index (χ0v) is 15.6. The number of carbonyl (C=O) groups excluding carboxylic acids is 1. The van der Waals surface area contributed by atoms with Crippen LogP contribution in [0.5, 0.6) is 0 Å². The summed E-state index contributed by atoms with van der Waals surface area (Å²) in [6.45, 7) is 3.29. The Bertz CT molecular complexity index is 806. The minimum atomic E-state index is -4.38. The number of aryl methyl sites for hydroxylation is 1. The largest absolute Gasteiger partial charge is 0.417 e. The van der Waals surface area contributed by atoms with Gasteiger partial charge in [-0.15, -0.1) is 11.3 Å². The molecule has 1 N–H and O–H groups in total. The number of nitrogens with zero attached hydrogens (tertiary/aromatic N) is 2. The van der Waals surface area contributed by atoms with E-state index in [0.29, 0.717) is 18.9 Å². The molecule has 1 aliphatic rings. The van der Waals surface area contributed by atoms with E-state index in [2.05, 4.69) is 10.3 Å². The van der Waals surface area contributed by atoms with Gasteiger partial charge in [-0.05, 0) is 50.1 Å². The van der Waals surface area contributed by atoms with Gasteiger partial charge in [0.15, 0.2) is 0 Å². The maximum atomic E-state index is 12.6. The van der Waals surface area contributed by atoms with Crippen molar-refractivity contribution in [2.75, 3.05) is 18.0 Å². The van der Waals surface area contributed by atoms with Gasteiger partial charge in [0.1, 0.15) is 5.82 Å². The maximum absolute atomic E-state index is 12.6. The Balaban J connectivity index is 1.48. The summed E-state index contributed by atoms with van der Waals surface area (Å²) in [6, 6.07) is 6.48. The second-order valence-electron chi connectivity index (χ2n) is 6.45. The van der Waals surface area contributed by atoms with Crippen LogP contribution < -0.4 is 10.2 Å². The van der Waals surface area contributed by atoms with Gasteiger partial charge in [0.2, 0.25) is 5.91 Å². The monoisotopic (exact) mass is 395 g/mol. The Morgan fingerprint density at radius 2 is 2.00 bits per heavy atom. The highest BCUT2D eigenvalue weighted by Crippen LogP contribution is 2.29. The quantitative estimate of drug-likeness (QED) is 0.787. The molecule has 0 spiro atoms. The molecular formula is C19H20F3N3OS. The molecule has 1 fully saturated rings. The first-order chi connectivity index (χ1) is 12.8. The first-order valence-corrected chi connectivity index (χ1v) is 9.46. The summed E-state index contributed by atoms with van der Waals surface area (Å²) in [6.07, 6.45) is 1.27. The van der Waals surface area contributed by atoms with E-state index in [0.717, 1.165) is 30.0 Å². The van der Waals surface area contributed by atoms with Crippen molar-refractivity contribution < 1.29 is 18.0 Å². The minimum absolute atomic E-state index is 0.0536. The van der Waals surface area contributed by atoms with Crippen molar-refractivity contribution in [3.63, 3.8) is 0 Å². The first-order valence-electron chi connectivity index (χ1n) is 8.64. The van der Waals surface area contributed by atoms with Crippen LogP contribution in [-0.2, 0) is 11.0 Å².